The van der Waals surface area contributed by atoms with Crippen molar-refractivity contribution in [1.29, 1.82) is 0 Å². The highest BCUT2D eigenvalue weighted by Crippen LogP contribution is 2.27. The van der Waals surface area contributed by atoms with E-state index in [4.69, 9.17) is 16.0 Å². The summed E-state index contributed by atoms with van der Waals surface area (Å²) in [4.78, 5) is 8.95. The van der Waals surface area contributed by atoms with Crippen LogP contribution in [0.5, 0.6) is 0 Å². The molecule has 3 rings (SSSR count). The van der Waals surface area contributed by atoms with Crippen molar-refractivity contribution in [3.63, 3.8) is 0 Å². The second-order valence-electron chi connectivity index (χ2n) is 8.37. The predicted octanol–water partition coefficient (Wildman–Crippen LogP) is 0.945. The molecule has 1 heterocycles. The zero-order chi connectivity index (χ0) is 28.9. The predicted molar refractivity (Wildman–Crippen MR) is 142 cm³/mol. The summed E-state index contributed by atoms with van der Waals surface area (Å²) in [6.07, 6.45) is 0.360. The third kappa shape index (κ3) is 8.73. The van der Waals surface area contributed by atoms with E-state index in [0.29, 0.717) is 6.42 Å². The molecule has 38 heavy (non-hydrogen) atoms. The number of sulfonamides is 1. The van der Waals surface area contributed by atoms with Gasteiger partial charge in [0.05, 0.1) is 15.5 Å². The van der Waals surface area contributed by atoms with Gasteiger partial charge in [0.1, 0.15) is 5.66 Å². The minimum absolute atomic E-state index is 0.0495. The summed E-state index contributed by atoms with van der Waals surface area (Å²) in [6, 6.07) is 11.3. The number of nitrogens with one attached hydrogen (secondary N) is 1. The first-order valence-electron chi connectivity index (χ1n) is 10.9. The summed E-state index contributed by atoms with van der Waals surface area (Å²) in [7, 11) is -12.7. The van der Waals surface area contributed by atoms with Gasteiger partial charge in [-0.25, -0.2) is 18.1 Å². The maximum absolute atomic E-state index is 13.1. The van der Waals surface area contributed by atoms with Crippen molar-refractivity contribution in [2.75, 3.05) is 17.2 Å². The number of guanidine groups is 2. The first-order valence-corrected chi connectivity index (χ1v) is 15.4. The van der Waals surface area contributed by atoms with E-state index in [1.54, 1.807) is 17.0 Å². The molecule has 0 saturated carbocycles. The number of halogens is 1. The quantitative estimate of drug-likeness (QED) is 0.251. The molecule has 0 aliphatic carbocycles. The van der Waals surface area contributed by atoms with E-state index in [-0.39, 0.29) is 29.1 Å². The number of hydrogen-bond donors (Lipinski definition) is 4. The number of rotatable bonds is 8. The molecule has 0 unspecified atom stereocenters. The van der Waals surface area contributed by atoms with Crippen molar-refractivity contribution in [2.24, 2.45) is 21.5 Å². The molecule has 210 valence electrons. The van der Waals surface area contributed by atoms with Gasteiger partial charge in [0.25, 0.3) is 10.1 Å². The normalized spacial score (nSPS) is 15.7. The minimum Gasteiger partial charge on any atom is -0.369 e. The van der Waals surface area contributed by atoms with E-state index in [0.717, 1.165) is 29.4 Å². The summed E-state index contributed by atoms with van der Waals surface area (Å²) in [5.41, 5.74) is 12.5. The maximum Gasteiger partial charge on any atom is 0.332 e. The Balaban J connectivity index is 0.000000757. The molecule has 1 aliphatic rings. The van der Waals surface area contributed by atoms with Crippen LogP contribution in [0.1, 0.15) is 26.3 Å². The standard InChI is InChI=1S/C19H23FN6O4S2.C2H6O3S/c1-19(2)25-17(21)24-18(22)26(19)14-8-6-13(7-9-14)10-11-23-32(29,30)16-5-3-4-15(12-16)31(20,27)28;1-2-6(3,4)5/h3-9,12,23H,10-11H2,1-2H3,(H4,21,22,24,25);2H2,1H3,(H,3,4,5). The van der Waals surface area contributed by atoms with Gasteiger partial charge in [-0.2, -0.15) is 21.8 Å². The van der Waals surface area contributed by atoms with Crippen LogP contribution in [0.25, 0.3) is 0 Å². The Bertz CT molecular complexity index is 1540. The fourth-order valence-corrected chi connectivity index (χ4v) is 4.93. The average molecular weight is 593 g/mol. The molecule has 2 aromatic rings. The molecule has 2 aromatic carbocycles. The fraction of sp³-hybridized carbons (Fsp3) is 0.333. The van der Waals surface area contributed by atoms with Gasteiger partial charge in [0.15, 0.2) is 0 Å². The van der Waals surface area contributed by atoms with E-state index in [9.17, 15) is 29.1 Å². The second-order valence-corrected chi connectivity index (χ2v) is 13.2. The average Bonchev–Trinajstić information content (AvgIpc) is 2.78. The zero-order valence-electron chi connectivity index (χ0n) is 20.7. The van der Waals surface area contributed by atoms with Crippen molar-refractivity contribution in [2.45, 2.75) is 42.6 Å². The zero-order valence-corrected chi connectivity index (χ0v) is 23.2. The lowest BCUT2D eigenvalue weighted by atomic mass is 10.1. The van der Waals surface area contributed by atoms with Gasteiger partial charge in [0, 0.05) is 12.2 Å². The molecule has 0 saturated heterocycles. The first-order chi connectivity index (χ1) is 17.4. The third-order valence-electron chi connectivity index (χ3n) is 5.06. The van der Waals surface area contributed by atoms with Crippen molar-refractivity contribution in [1.82, 2.24) is 4.72 Å². The molecule has 0 fully saturated rings. The highest BCUT2D eigenvalue weighted by Gasteiger charge is 2.32. The summed E-state index contributed by atoms with van der Waals surface area (Å²) in [5, 5.41) is 0. The number of benzene rings is 2. The van der Waals surface area contributed by atoms with Crippen molar-refractivity contribution < 1.29 is 33.7 Å². The molecule has 0 atom stereocenters. The van der Waals surface area contributed by atoms with E-state index in [1.807, 2.05) is 26.0 Å². The Morgan fingerprint density at radius 3 is 2.05 bits per heavy atom. The summed E-state index contributed by atoms with van der Waals surface area (Å²) >= 11 is 0. The van der Waals surface area contributed by atoms with Gasteiger partial charge < -0.3 is 11.5 Å². The van der Waals surface area contributed by atoms with E-state index >= 15 is 0 Å². The number of anilines is 1. The molecule has 0 amide bonds. The van der Waals surface area contributed by atoms with Gasteiger partial charge in [-0.15, -0.1) is 3.89 Å². The van der Waals surface area contributed by atoms with Gasteiger partial charge in [0.2, 0.25) is 21.9 Å². The van der Waals surface area contributed by atoms with E-state index < -0.39 is 40.9 Å². The van der Waals surface area contributed by atoms with Crippen LogP contribution in [0.2, 0.25) is 0 Å². The number of nitrogens with two attached hydrogens (primary N) is 2. The highest BCUT2D eigenvalue weighted by atomic mass is 32.3. The van der Waals surface area contributed by atoms with Crippen LogP contribution in [-0.4, -0.2) is 59.7 Å². The van der Waals surface area contributed by atoms with Crippen LogP contribution >= 0.6 is 0 Å². The highest BCUT2D eigenvalue weighted by molar-refractivity contribution is 7.89. The topological polar surface area (TPSA) is 215 Å². The summed E-state index contributed by atoms with van der Waals surface area (Å²) in [6.45, 7) is 5.10. The number of aliphatic imine (C=N–C) groups is 2. The Hall–Kier alpha value is -3.12. The molecule has 0 aromatic heterocycles. The smallest absolute Gasteiger partial charge is 0.332 e. The summed E-state index contributed by atoms with van der Waals surface area (Å²) in [5.74, 6) is 0.107. The minimum atomic E-state index is -5.01. The van der Waals surface area contributed by atoms with E-state index in [1.165, 1.54) is 13.0 Å². The molecular formula is C21H29FN6O7S3. The van der Waals surface area contributed by atoms with Gasteiger partial charge >= 0.3 is 10.2 Å². The second kappa shape index (κ2) is 11.7. The molecule has 1 aliphatic heterocycles. The Kier molecular flexibility index (Phi) is 9.60. The molecular weight excluding hydrogens is 563 g/mol. The van der Waals surface area contributed by atoms with Crippen LogP contribution in [0.15, 0.2) is 68.3 Å². The maximum atomic E-state index is 13.1. The lowest BCUT2D eigenvalue weighted by Crippen LogP contribution is -2.54. The number of nitrogens with zero attached hydrogens (tertiary/aromatic N) is 3. The molecule has 6 N–H and O–H groups in total. The SMILES string of the molecule is CC1(C)N=C(N)N=C(N)N1c1ccc(CCNS(=O)(=O)c2cccc(S(=O)(=O)F)c2)cc1.CCS(=O)(=O)O. The van der Waals surface area contributed by atoms with Crippen LogP contribution in [-0.2, 0) is 36.8 Å². The largest absolute Gasteiger partial charge is 0.369 e. The Morgan fingerprint density at radius 1 is 1.00 bits per heavy atom. The van der Waals surface area contributed by atoms with Gasteiger partial charge in [-0.05, 0) is 63.1 Å². The molecule has 0 radical (unpaired) electrons. The van der Waals surface area contributed by atoms with Crippen molar-refractivity contribution >= 4 is 48.0 Å². The Morgan fingerprint density at radius 2 is 1.55 bits per heavy atom. The Labute approximate surface area is 221 Å². The lowest BCUT2D eigenvalue weighted by Gasteiger charge is -2.38. The van der Waals surface area contributed by atoms with E-state index in [2.05, 4.69) is 14.7 Å². The van der Waals surface area contributed by atoms with Crippen molar-refractivity contribution in [3.05, 3.63) is 54.1 Å². The fourth-order valence-electron chi connectivity index (χ4n) is 3.27. The third-order valence-corrected chi connectivity index (χ3v) is 8.06. The van der Waals surface area contributed by atoms with Crippen LogP contribution in [0.3, 0.4) is 0 Å². The molecule has 13 nitrogen and oxygen atoms in total. The van der Waals surface area contributed by atoms with Crippen LogP contribution in [0, 0.1) is 0 Å². The number of hydrogen-bond acceptors (Lipinski definition) is 11. The van der Waals surface area contributed by atoms with Crippen LogP contribution < -0.4 is 21.1 Å². The van der Waals surface area contributed by atoms with Crippen molar-refractivity contribution in [3.8, 4) is 0 Å². The first kappa shape index (κ1) is 31.1. The van der Waals surface area contributed by atoms with Crippen LogP contribution in [0.4, 0.5) is 9.57 Å². The summed E-state index contributed by atoms with van der Waals surface area (Å²) < 4.78 is 89.3. The lowest BCUT2D eigenvalue weighted by molar-refractivity contribution is 0.484. The van der Waals surface area contributed by atoms with Gasteiger partial charge in [-0.3, -0.25) is 9.45 Å². The molecule has 17 heteroatoms. The van der Waals surface area contributed by atoms with Gasteiger partial charge in [-0.1, -0.05) is 18.2 Å². The molecule has 0 bridgehead atoms. The monoisotopic (exact) mass is 592 g/mol. The molecule has 0 spiro atoms.